The number of anilines is 3. The number of carbonyl (C=O) groups is 4. The molecule has 0 spiro atoms. The molecule has 0 bridgehead atoms. The van der Waals surface area contributed by atoms with Crippen LogP contribution in [0.2, 0.25) is 0 Å². The molecule has 328 valence electrons. The Morgan fingerprint density at radius 2 is 1.54 bits per heavy atom. The van der Waals surface area contributed by atoms with Gasteiger partial charge in [0.2, 0.25) is 0 Å². The molecule has 1 aliphatic rings. The summed E-state index contributed by atoms with van der Waals surface area (Å²) in [4.78, 5) is 60.0. The van der Waals surface area contributed by atoms with E-state index in [1.165, 1.54) is 18.2 Å². The molecular formula is C45H57N5O10S. The number of sulfone groups is 1. The van der Waals surface area contributed by atoms with Gasteiger partial charge in [-0.05, 0) is 137 Å². The molecule has 2 atom stereocenters. The van der Waals surface area contributed by atoms with Crippen molar-refractivity contribution in [3.63, 3.8) is 0 Å². The molecule has 3 N–H and O–H groups in total. The van der Waals surface area contributed by atoms with Gasteiger partial charge in [0.25, 0.3) is 0 Å². The predicted octanol–water partition coefficient (Wildman–Crippen LogP) is 9.31. The Morgan fingerprint density at radius 3 is 2.11 bits per heavy atom. The number of carboxylic acid groups (broad SMARTS) is 1. The number of fused-ring (bicyclic) bond motifs is 1. The number of likely N-dealkylation sites (N-methyl/N-ethyl adjacent to an activating group) is 1. The van der Waals surface area contributed by atoms with Gasteiger partial charge >= 0.3 is 24.2 Å². The van der Waals surface area contributed by atoms with E-state index < -0.39 is 51.3 Å². The maximum Gasteiger partial charge on any atom is 0.425 e. The molecule has 61 heavy (non-hydrogen) atoms. The van der Waals surface area contributed by atoms with Crippen molar-refractivity contribution in [2.75, 3.05) is 36.2 Å². The number of amides is 4. The van der Waals surface area contributed by atoms with Gasteiger partial charge in [-0.2, -0.15) is 4.90 Å². The van der Waals surface area contributed by atoms with Crippen molar-refractivity contribution in [3.05, 3.63) is 83.6 Å². The van der Waals surface area contributed by atoms with Gasteiger partial charge in [-0.25, -0.2) is 32.6 Å². The lowest BCUT2D eigenvalue weighted by Crippen LogP contribution is -2.44. The fraction of sp³-hybridized carbons (Fsp3) is 0.444. The molecule has 1 aromatic heterocycles. The van der Waals surface area contributed by atoms with Gasteiger partial charge < -0.3 is 34.9 Å². The number of aryl methyl sites for hydroxylation is 1. The van der Waals surface area contributed by atoms with E-state index in [2.05, 4.69) is 15.6 Å². The summed E-state index contributed by atoms with van der Waals surface area (Å²) in [5.41, 5.74) is 0.841. The SMILES string of the molecule is CCCc1cc(NC(=O)N(C)C[C@@H](C)c2cc(C(Nc3ccc4c(N(C(=O)OC(C)(C)C)C(=O)OC(C)(C)C)nccc4c3)C(=O)O)ccc2OC)ccc1S(=O)(=O)C1CC1. The number of imide groups is 1. The quantitative estimate of drug-likeness (QED) is 0.109. The average Bonchev–Trinajstić information content (AvgIpc) is 4.02. The second-order valence-electron chi connectivity index (χ2n) is 17.3. The summed E-state index contributed by atoms with van der Waals surface area (Å²) < 4.78 is 42.8. The number of pyridine rings is 1. The van der Waals surface area contributed by atoms with Crippen LogP contribution in [0.3, 0.4) is 0 Å². The van der Waals surface area contributed by atoms with Crippen molar-refractivity contribution < 1.29 is 46.9 Å². The standard InChI is InChI=1S/C45H57N5O10S/c1-11-12-29-24-32(15-20-37(29)61(56,57)33-16-17-33)48-41(53)49(9)26-27(2)35-25-30(13-19-36(35)58-10)38(40(51)52)47-31-14-18-34-28(23-31)21-22-46-39(34)50(42(54)59-44(3,4)5)43(55)60-45(6,7)8/h13-15,18-25,27,33,38,47H,11-12,16-17,26H2,1-10H3,(H,48,53)(H,51,52)/t27-,38?/m1/s1. The zero-order valence-electron chi connectivity index (χ0n) is 36.5. The van der Waals surface area contributed by atoms with Crippen LogP contribution in [0, 0.1) is 0 Å². The molecular weight excluding hydrogens is 803 g/mol. The number of nitrogens with one attached hydrogen (secondary N) is 2. The molecule has 0 radical (unpaired) electrons. The highest BCUT2D eigenvalue weighted by molar-refractivity contribution is 7.92. The predicted molar refractivity (Wildman–Crippen MR) is 234 cm³/mol. The topological polar surface area (TPSA) is 194 Å². The maximum absolute atomic E-state index is 13.4. The van der Waals surface area contributed by atoms with Gasteiger partial charge in [-0.15, -0.1) is 0 Å². The highest BCUT2D eigenvalue weighted by atomic mass is 32.2. The highest BCUT2D eigenvalue weighted by Gasteiger charge is 2.38. The van der Waals surface area contributed by atoms with Crippen LogP contribution in [0.15, 0.2) is 71.8 Å². The van der Waals surface area contributed by atoms with Crippen LogP contribution in [0.4, 0.5) is 31.6 Å². The third-order valence-corrected chi connectivity index (χ3v) is 12.1. The first-order valence-corrected chi connectivity index (χ1v) is 21.8. The third kappa shape index (κ3) is 11.5. The summed E-state index contributed by atoms with van der Waals surface area (Å²) in [6, 6.07) is 15.0. The number of ether oxygens (including phenoxy) is 3. The number of hydrogen-bond donors (Lipinski definition) is 3. The minimum Gasteiger partial charge on any atom is -0.496 e. The number of urea groups is 1. The molecule has 1 aliphatic carbocycles. The maximum atomic E-state index is 13.4. The number of rotatable bonds is 14. The fourth-order valence-corrected chi connectivity index (χ4v) is 8.73. The summed E-state index contributed by atoms with van der Waals surface area (Å²) in [7, 11) is -0.246. The number of aliphatic carboxylic acids is 1. The second kappa shape index (κ2) is 18.4. The molecule has 15 nitrogen and oxygen atoms in total. The smallest absolute Gasteiger partial charge is 0.425 e. The summed E-state index contributed by atoms with van der Waals surface area (Å²) in [5.74, 6) is -0.981. The first kappa shape index (κ1) is 46.2. The molecule has 1 unspecified atom stereocenters. The zero-order chi connectivity index (χ0) is 45.0. The minimum absolute atomic E-state index is 0.0201. The third-order valence-electron chi connectivity index (χ3n) is 9.78. The Morgan fingerprint density at radius 1 is 0.902 bits per heavy atom. The van der Waals surface area contributed by atoms with E-state index in [1.54, 1.807) is 109 Å². The molecule has 1 fully saturated rings. The van der Waals surface area contributed by atoms with Crippen molar-refractivity contribution in [1.29, 1.82) is 0 Å². The van der Waals surface area contributed by atoms with Crippen molar-refractivity contribution in [1.82, 2.24) is 9.88 Å². The number of nitrogens with zero attached hydrogens (tertiary/aromatic N) is 3. The molecule has 0 saturated heterocycles. The highest BCUT2D eigenvalue weighted by Crippen LogP contribution is 2.37. The second-order valence-corrected chi connectivity index (χ2v) is 19.5. The summed E-state index contributed by atoms with van der Waals surface area (Å²) >= 11 is 0. The van der Waals surface area contributed by atoms with Gasteiger partial charge in [0.15, 0.2) is 21.7 Å². The molecule has 0 aliphatic heterocycles. The van der Waals surface area contributed by atoms with Crippen molar-refractivity contribution in [2.45, 2.75) is 114 Å². The minimum atomic E-state index is -3.40. The number of benzene rings is 3. The molecule has 16 heteroatoms. The van der Waals surface area contributed by atoms with Crippen LogP contribution in [-0.2, 0) is 30.5 Å². The number of carboxylic acids is 1. The lowest BCUT2D eigenvalue weighted by Gasteiger charge is -2.28. The van der Waals surface area contributed by atoms with E-state index in [0.717, 1.165) is 11.3 Å². The number of aromatic nitrogens is 1. The summed E-state index contributed by atoms with van der Waals surface area (Å²) in [5, 5.41) is 17.1. The lowest BCUT2D eigenvalue weighted by atomic mass is 9.94. The average molecular weight is 860 g/mol. The zero-order valence-corrected chi connectivity index (χ0v) is 37.3. The van der Waals surface area contributed by atoms with Gasteiger partial charge in [0.05, 0.1) is 17.3 Å². The van der Waals surface area contributed by atoms with Crippen molar-refractivity contribution in [3.8, 4) is 5.75 Å². The molecule has 5 rings (SSSR count). The van der Waals surface area contributed by atoms with Crippen LogP contribution < -0.4 is 20.3 Å². The van der Waals surface area contributed by atoms with E-state index in [9.17, 15) is 32.7 Å². The molecule has 1 heterocycles. The van der Waals surface area contributed by atoms with Crippen LogP contribution >= 0.6 is 0 Å². The van der Waals surface area contributed by atoms with Crippen molar-refractivity contribution in [2.24, 2.45) is 0 Å². The van der Waals surface area contributed by atoms with Crippen LogP contribution in [-0.4, -0.2) is 84.7 Å². The van der Waals surface area contributed by atoms with Crippen LogP contribution in [0.1, 0.15) is 103 Å². The van der Waals surface area contributed by atoms with E-state index in [1.807, 2.05) is 13.8 Å². The van der Waals surface area contributed by atoms with E-state index in [4.69, 9.17) is 14.2 Å². The first-order chi connectivity index (χ1) is 28.5. The van der Waals surface area contributed by atoms with Gasteiger partial charge in [-0.1, -0.05) is 26.3 Å². The monoisotopic (exact) mass is 859 g/mol. The van der Waals surface area contributed by atoms with Crippen LogP contribution in [0.5, 0.6) is 5.75 Å². The van der Waals surface area contributed by atoms with E-state index in [0.29, 0.717) is 68.7 Å². The van der Waals surface area contributed by atoms with E-state index >= 15 is 0 Å². The van der Waals surface area contributed by atoms with Gasteiger partial charge in [0.1, 0.15) is 17.0 Å². The Bertz CT molecular complexity index is 2370. The number of carbonyl (C=O) groups excluding carboxylic acids is 3. The lowest BCUT2D eigenvalue weighted by molar-refractivity contribution is -0.138. The molecule has 4 aromatic rings. The summed E-state index contributed by atoms with van der Waals surface area (Å²) in [6.45, 7) is 14.2. The Balaban J connectivity index is 1.36. The molecule has 3 aromatic carbocycles. The normalized spacial score (nSPS) is 14.1. The number of methoxy groups -OCH3 is 1. The Kier molecular flexibility index (Phi) is 13.9. The summed E-state index contributed by atoms with van der Waals surface area (Å²) in [6.07, 6.45) is 2.12. The van der Waals surface area contributed by atoms with Crippen molar-refractivity contribution >= 4 is 62.0 Å². The van der Waals surface area contributed by atoms with Crippen LogP contribution in [0.25, 0.3) is 10.8 Å². The van der Waals surface area contributed by atoms with Gasteiger partial charge in [-0.3, -0.25) is 0 Å². The fourth-order valence-electron chi connectivity index (χ4n) is 6.83. The Labute approximate surface area is 357 Å². The van der Waals surface area contributed by atoms with E-state index in [-0.39, 0.29) is 23.5 Å². The Hall–Kier alpha value is -5.90. The van der Waals surface area contributed by atoms with Gasteiger partial charge in [0, 0.05) is 42.5 Å². The molecule has 1 saturated carbocycles. The first-order valence-electron chi connectivity index (χ1n) is 20.2. The largest absolute Gasteiger partial charge is 0.496 e. The number of hydrogen-bond acceptors (Lipinski definition) is 11. The molecule has 4 amide bonds.